The molecule has 0 saturated carbocycles. The van der Waals surface area contributed by atoms with Gasteiger partial charge in [-0.3, -0.25) is 4.79 Å². The van der Waals surface area contributed by atoms with Gasteiger partial charge in [-0.1, -0.05) is 29.4 Å². The lowest BCUT2D eigenvalue weighted by Crippen LogP contribution is -2.15. The second-order valence-electron chi connectivity index (χ2n) is 6.50. The predicted octanol–water partition coefficient (Wildman–Crippen LogP) is 5.78. The Morgan fingerprint density at radius 3 is 2.20 bits per heavy atom. The van der Waals surface area contributed by atoms with Crippen LogP contribution >= 0.6 is 0 Å². The van der Waals surface area contributed by atoms with Crippen LogP contribution < -0.4 is 4.84 Å². The lowest BCUT2D eigenvalue weighted by molar-refractivity contribution is -0.140. The highest BCUT2D eigenvalue weighted by molar-refractivity contribution is 6.11. The van der Waals surface area contributed by atoms with Crippen molar-refractivity contribution in [3.63, 3.8) is 0 Å². The third-order valence-corrected chi connectivity index (χ3v) is 3.98. The molecule has 0 bridgehead atoms. The fourth-order valence-electron chi connectivity index (χ4n) is 2.69. The van der Waals surface area contributed by atoms with Crippen LogP contribution in [0.2, 0.25) is 0 Å². The minimum absolute atomic E-state index is 0.0489. The van der Waals surface area contributed by atoms with Crippen molar-refractivity contribution >= 4 is 11.5 Å². The minimum Gasteiger partial charge on any atom is -0.356 e. The summed E-state index contributed by atoms with van der Waals surface area (Å²) in [7, 11) is 0. The topological polar surface area (TPSA) is 57.1 Å². The van der Waals surface area contributed by atoms with E-state index in [1.165, 1.54) is 0 Å². The summed E-state index contributed by atoms with van der Waals surface area (Å²) in [5.41, 5.74) is 0.220. The van der Waals surface area contributed by atoms with Crippen LogP contribution in [-0.4, -0.2) is 24.7 Å². The summed E-state index contributed by atoms with van der Waals surface area (Å²) in [4.78, 5) is 18.5. The van der Waals surface area contributed by atoms with Crippen LogP contribution in [-0.2, 0) is 15.7 Å². The largest absolute Gasteiger partial charge is 0.416 e. The molecule has 8 heteroatoms. The molecular weight excluding hydrogens is 399 g/mol. The van der Waals surface area contributed by atoms with E-state index in [1.54, 1.807) is 52.0 Å². The number of ether oxygens (including phenoxy) is 2. The van der Waals surface area contributed by atoms with E-state index in [4.69, 9.17) is 14.3 Å². The number of carbonyl (C=O) groups excluding carboxylic acids is 1. The molecule has 0 unspecified atom stereocenters. The molecule has 0 aliphatic heterocycles. The fourth-order valence-corrected chi connectivity index (χ4v) is 2.69. The molecule has 162 valence electrons. The first-order valence-electron chi connectivity index (χ1n) is 9.45. The first kappa shape index (κ1) is 23.6. The maximum absolute atomic E-state index is 13.3. The summed E-state index contributed by atoms with van der Waals surface area (Å²) >= 11 is 0. The zero-order valence-electron chi connectivity index (χ0n) is 17.2. The molecule has 2 aromatic rings. The Kier molecular flexibility index (Phi) is 8.14. The average Bonchev–Trinajstić information content (AvgIpc) is 2.70. The zero-order chi connectivity index (χ0) is 22.3. The van der Waals surface area contributed by atoms with Crippen molar-refractivity contribution in [3.05, 3.63) is 64.7 Å². The van der Waals surface area contributed by atoms with Crippen LogP contribution in [0.1, 0.15) is 61.0 Å². The van der Waals surface area contributed by atoms with Gasteiger partial charge < -0.3 is 14.3 Å². The number of halogens is 3. The summed E-state index contributed by atoms with van der Waals surface area (Å²) in [6.45, 7) is 7.55. The molecule has 0 heterocycles. The molecule has 0 aliphatic carbocycles. The third-order valence-electron chi connectivity index (χ3n) is 3.98. The first-order valence-corrected chi connectivity index (χ1v) is 9.45. The Bertz CT molecular complexity index is 899. The molecule has 0 saturated heterocycles. The second kappa shape index (κ2) is 10.4. The van der Waals surface area contributed by atoms with Gasteiger partial charge in [-0.05, 0) is 45.9 Å². The van der Waals surface area contributed by atoms with Crippen molar-refractivity contribution < 1.29 is 32.3 Å². The lowest BCUT2D eigenvalue weighted by Gasteiger charge is -2.20. The highest BCUT2D eigenvalue weighted by atomic mass is 19.4. The van der Waals surface area contributed by atoms with E-state index >= 15 is 0 Å². The number of hydrogen-bond donors (Lipinski definition) is 0. The van der Waals surface area contributed by atoms with Gasteiger partial charge in [0.15, 0.2) is 17.8 Å². The number of carbonyl (C=O) groups is 1. The van der Waals surface area contributed by atoms with Crippen LogP contribution in [0.15, 0.2) is 47.6 Å². The Balaban J connectivity index is 2.56. The molecule has 0 atom stereocenters. The molecule has 2 rings (SSSR count). The highest BCUT2D eigenvalue weighted by Crippen LogP contribution is 2.35. The van der Waals surface area contributed by atoms with E-state index in [2.05, 4.69) is 5.16 Å². The molecule has 0 amide bonds. The lowest BCUT2D eigenvalue weighted by atomic mass is 9.96. The van der Waals surface area contributed by atoms with Gasteiger partial charge in [0.1, 0.15) is 0 Å². The van der Waals surface area contributed by atoms with Crippen molar-refractivity contribution in [2.75, 3.05) is 13.2 Å². The maximum atomic E-state index is 13.3. The molecule has 0 fully saturated rings. The summed E-state index contributed by atoms with van der Waals surface area (Å²) < 4.78 is 50.6. The van der Waals surface area contributed by atoms with E-state index in [-0.39, 0.29) is 16.9 Å². The van der Waals surface area contributed by atoms with Gasteiger partial charge in [-0.2, -0.15) is 13.2 Å². The molecule has 30 heavy (non-hydrogen) atoms. The summed E-state index contributed by atoms with van der Waals surface area (Å²) in [5, 5.41) is 3.72. The van der Waals surface area contributed by atoms with Gasteiger partial charge >= 0.3 is 6.18 Å². The van der Waals surface area contributed by atoms with Crippen molar-refractivity contribution in [1.29, 1.82) is 0 Å². The standard InChI is InChI=1S/C22H24F3NO4/c1-5-28-21(29-6-2)17-10-8-7-9-16(17)20(27)18-12-11-15(22(23,24)25)13-19(18)30-26-14(3)4/h7-13,21H,5-6H2,1-4H3. The molecule has 0 aromatic heterocycles. The normalized spacial score (nSPS) is 11.5. The number of ketones is 1. The van der Waals surface area contributed by atoms with Crippen molar-refractivity contribution in [3.8, 4) is 5.75 Å². The van der Waals surface area contributed by atoms with Crippen molar-refractivity contribution in [2.24, 2.45) is 5.16 Å². The number of oxime groups is 1. The fraction of sp³-hybridized carbons (Fsp3) is 0.364. The Morgan fingerprint density at radius 1 is 1.00 bits per heavy atom. The molecular formula is C22H24F3NO4. The Morgan fingerprint density at radius 2 is 1.63 bits per heavy atom. The first-order chi connectivity index (χ1) is 14.2. The Hall–Kier alpha value is -2.71. The summed E-state index contributed by atoms with van der Waals surface area (Å²) in [6.07, 6.45) is -5.37. The van der Waals surface area contributed by atoms with E-state index < -0.39 is 23.8 Å². The van der Waals surface area contributed by atoms with Gasteiger partial charge in [0, 0.05) is 24.3 Å². The monoisotopic (exact) mass is 423 g/mol. The predicted molar refractivity (Wildman–Crippen MR) is 107 cm³/mol. The van der Waals surface area contributed by atoms with Crippen molar-refractivity contribution in [2.45, 2.75) is 40.2 Å². The SMILES string of the molecule is CCOC(OCC)c1ccccc1C(=O)c1ccc(C(F)(F)F)cc1ON=C(C)C. The van der Waals surface area contributed by atoms with Gasteiger partial charge in [-0.15, -0.1) is 0 Å². The van der Waals surface area contributed by atoms with Crippen LogP contribution in [0.3, 0.4) is 0 Å². The average molecular weight is 423 g/mol. The highest BCUT2D eigenvalue weighted by Gasteiger charge is 2.32. The second-order valence-corrected chi connectivity index (χ2v) is 6.50. The van der Waals surface area contributed by atoms with Crippen LogP contribution in [0.4, 0.5) is 13.2 Å². The quantitative estimate of drug-likeness (QED) is 0.222. The van der Waals surface area contributed by atoms with E-state index in [0.29, 0.717) is 24.5 Å². The number of benzene rings is 2. The molecule has 2 aromatic carbocycles. The van der Waals surface area contributed by atoms with Crippen LogP contribution in [0.5, 0.6) is 5.75 Å². The molecule has 0 aliphatic rings. The molecule has 0 radical (unpaired) electrons. The van der Waals surface area contributed by atoms with Gasteiger partial charge in [0.05, 0.1) is 16.8 Å². The van der Waals surface area contributed by atoms with E-state index in [9.17, 15) is 18.0 Å². The number of alkyl halides is 3. The molecule has 5 nitrogen and oxygen atoms in total. The van der Waals surface area contributed by atoms with Gasteiger partial charge in [-0.25, -0.2) is 0 Å². The third kappa shape index (κ3) is 5.90. The summed E-state index contributed by atoms with van der Waals surface area (Å²) in [6, 6.07) is 9.34. The number of hydrogen-bond acceptors (Lipinski definition) is 5. The van der Waals surface area contributed by atoms with Crippen molar-refractivity contribution in [1.82, 2.24) is 0 Å². The number of rotatable bonds is 9. The smallest absolute Gasteiger partial charge is 0.356 e. The summed E-state index contributed by atoms with van der Waals surface area (Å²) in [5.74, 6) is -0.808. The molecule has 0 spiro atoms. The molecule has 0 N–H and O–H groups in total. The van der Waals surface area contributed by atoms with Gasteiger partial charge in [0.25, 0.3) is 0 Å². The zero-order valence-corrected chi connectivity index (χ0v) is 17.2. The maximum Gasteiger partial charge on any atom is 0.416 e. The van der Waals surface area contributed by atoms with Gasteiger partial charge in [0.2, 0.25) is 0 Å². The minimum atomic E-state index is -4.59. The van der Waals surface area contributed by atoms with E-state index in [1.807, 2.05) is 0 Å². The Labute approximate surface area is 173 Å². The van der Waals surface area contributed by atoms with Crippen LogP contribution in [0.25, 0.3) is 0 Å². The van der Waals surface area contributed by atoms with E-state index in [0.717, 1.165) is 18.2 Å². The number of nitrogens with zero attached hydrogens (tertiary/aromatic N) is 1. The van der Waals surface area contributed by atoms with Crippen LogP contribution in [0, 0.1) is 0 Å².